The molecule has 5 heteroatoms. The van der Waals surface area contributed by atoms with Gasteiger partial charge in [0.1, 0.15) is 9.55 Å². The third-order valence-electron chi connectivity index (χ3n) is 1.92. The van der Waals surface area contributed by atoms with Crippen molar-refractivity contribution < 1.29 is 4.79 Å². The predicted octanol–water partition coefficient (Wildman–Crippen LogP) is 3.85. The molecule has 1 rings (SSSR count). The Balaban J connectivity index is 2.83. The molecule has 0 aliphatic heterocycles. The van der Waals surface area contributed by atoms with Gasteiger partial charge in [0.05, 0.1) is 5.69 Å². The fourth-order valence-electron chi connectivity index (χ4n) is 0.946. The Bertz CT molecular complexity index is 386. The first-order chi connectivity index (χ1) is 7.30. The van der Waals surface area contributed by atoms with Gasteiger partial charge < -0.3 is 5.32 Å². The van der Waals surface area contributed by atoms with Gasteiger partial charge >= 0.3 is 0 Å². The first-order valence-electron chi connectivity index (χ1n) is 4.87. The van der Waals surface area contributed by atoms with Crippen LogP contribution in [0.3, 0.4) is 0 Å². The van der Waals surface area contributed by atoms with Gasteiger partial charge in [-0.3, -0.25) is 4.79 Å². The maximum atomic E-state index is 11.7. The molecule has 16 heavy (non-hydrogen) atoms. The van der Waals surface area contributed by atoms with Gasteiger partial charge in [-0.15, -0.1) is 0 Å². The second-order valence-electron chi connectivity index (χ2n) is 4.45. The van der Waals surface area contributed by atoms with Crippen LogP contribution in [0.4, 0.5) is 5.82 Å². The van der Waals surface area contributed by atoms with Crippen molar-refractivity contribution in [2.24, 2.45) is 5.41 Å². The fourth-order valence-corrected chi connectivity index (χ4v) is 1.46. The lowest BCUT2D eigenvalue weighted by Gasteiger charge is -2.17. The summed E-state index contributed by atoms with van der Waals surface area (Å²) in [6.45, 7) is 5.60. The minimum atomic E-state index is -0.417. The second-order valence-corrected chi connectivity index (χ2v) is 7.51. The van der Waals surface area contributed by atoms with Crippen LogP contribution in [0.5, 0.6) is 0 Å². The van der Waals surface area contributed by atoms with Crippen LogP contribution in [0.25, 0.3) is 0 Å². The van der Waals surface area contributed by atoms with Gasteiger partial charge in [0.2, 0.25) is 5.91 Å². The number of alkyl halides is 2. The van der Waals surface area contributed by atoms with Gasteiger partial charge in [-0.25, -0.2) is 4.98 Å². The predicted molar refractivity (Wildman–Crippen MR) is 72.9 cm³/mol. The molecule has 1 N–H and O–H groups in total. The summed E-state index contributed by atoms with van der Waals surface area (Å²) >= 11 is 6.73. The second kappa shape index (κ2) is 5.27. The lowest BCUT2D eigenvalue weighted by molar-refractivity contribution is -0.123. The molecule has 0 spiro atoms. The van der Waals surface area contributed by atoms with Crippen molar-refractivity contribution in [3.63, 3.8) is 0 Å². The summed E-state index contributed by atoms with van der Waals surface area (Å²) in [6, 6.07) is 5.51. The zero-order valence-electron chi connectivity index (χ0n) is 9.42. The van der Waals surface area contributed by atoms with Crippen LogP contribution in [-0.4, -0.2) is 10.9 Å². The van der Waals surface area contributed by atoms with E-state index < -0.39 is 5.41 Å². The molecule has 0 fully saturated rings. The van der Waals surface area contributed by atoms with E-state index in [2.05, 4.69) is 42.2 Å². The van der Waals surface area contributed by atoms with Gasteiger partial charge in [0, 0.05) is 5.41 Å². The van der Waals surface area contributed by atoms with E-state index in [4.69, 9.17) is 0 Å². The molecule has 0 aliphatic carbocycles. The van der Waals surface area contributed by atoms with Crippen molar-refractivity contribution >= 4 is 43.6 Å². The molecule has 0 saturated heterocycles. The first kappa shape index (κ1) is 13.6. The number of aromatic nitrogens is 1. The molecule has 1 amide bonds. The normalized spacial score (nSPS) is 11.6. The van der Waals surface area contributed by atoms with Gasteiger partial charge in [0.25, 0.3) is 0 Å². The molecule has 3 nitrogen and oxygen atoms in total. The summed E-state index contributed by atoms with van der Waals surface area (Å²) in [5, 5.41) is 2.79. The molecule has 0 atom stereocenters. The zero-order valence-corrected chi connectivity index (χ0v) is 12.6. The largest absolute Gasteiger partial charge is 0.310 e. The van der Waals surface area contributed by atoms with Crippen LogP contribution in [-0.2, 0) is 4.79 Å². The molecular weight excluding hydrogens is 336 g/mol. The van der Waals surface area contributed by atoms with Crippen molar-refractivity contribution in [3.8, 4) is 0 Å². The van der Waals surface area contributed by atoms with E-state index in [0.29, 0.717) is 5.82 Å². The van der Waals surface area contributed by atoms with Crippen LogP contribution in [0, 0.1) is 5.41 Å². The van der Waals surface area contributed by atoms with Crippen LogP contribution in [0.2, 0.25) is 0 Å². The molecule has 1 heterocycles. The highest BCUT2D eigenvalue weighted by molar-refractivity contribution is 9.24. The highest BCUT2D eigenvalue weighted by Crippen LogP contribution is 2.28. The fraction of sp³-hybridized carbons (Fsp3) is 0.455. The van der Waals surface area contributed by atoms with Crippen molar-refractivity contribution in [2.75, 3.05) is 5.32 Å². The number of hydrogen-bond acceptors (Lipinski definition) is 2. The number of nitrogens with one attached hydrogen (secondary N) is 1. The van der Waals surface area contributed by atoms with Crippen molar-refractivity contribution in [3.05, 3.63) is 23.9 Å². The van der Waals surface area contributed by atoms with Crippen LogP contribution in [0.1, 0.15) is 30.2 Å². The molecule has 88 valence electrons. The number of anilines is 1. The summed E-state index contributed by atoms with van der Waals surface area (Å²) < 4.78 is -0.00788. The topological polar surface area (TPSA) is 42.0 Å². The number of amides is 1. The highest BCUT2D eigenvalue weighted by atomic mass is 79.9. The van der Waals surface area contributed by atoms with Crippen LogP contribution >= 0.6 is 31.9 Å². The average Bonchev–Trinajstić information content (AvgIpc) is 2.16. The zero-order chi connectivity index (χ0) is 12.3. The van der Waals surface area contributed by atoms with E-state index in [1.807, 2.05) is 32.9 Å². The summed E-state index contributed by atoms with van der Waals surface area (Å²) in [4.78, 5) is 16.0. The molecule has 0 saturated carbocycles. The van der Waals surface area contributed by atoms with E-state index in [-0.39, 0.29) is 9.64 Å². The standard InChI is InChI=1S/C11H14Br2N2O/c1-11(2,3)10(16)15-8-6-4-5-7(14-8)9(12)13/h4-6,9H,1-3H3,(H,14,15,16). The Morgan fingerprint density at radius 3 is 2.50 bits per heavy atom. The molecule has 1 aromatic rings. The van der Waals surface area contributed by atoms with Gasteiger partial charge in [0.15, 0.2) is 0 Å². The van der Waals surface area contributed by atoms with Crippen molar-refractivity contribution in [2.45, 2.75) is 24.5 Å². The van der Waals surface area contributed by atoms with Crippen molar-refractivity contribution in [1.82, 2.24) is 4.98 Å². The van der Waals surface area contributed by atoms with Crippen LogP contribution in [0.15, 0.2) is 18.2 Å². The maximum Gasteiger partial charge on any atom is 0.230 e. The van der Waals surface area contributed by atoms with E-state index >= 15 is 0 Å². The van der Waals surface area contributed by atoms with E-state index in [1.165, 1.54) is 0 Å². The Morgan fingerprint density at radius 1 is 1.38 bits per heavy atom. The summed E-state index contributed by atoms with van der Waals surface area (Å²) in [5.74, 6) is 0.527. The molecule has 0 aliphatic rings. The Labute approximate surface area is 112 Å². The minimum absolute atomic E-state index is 0.00788. The minimum Gasteiger partial charge on any atom is -0.310 e. The summed E-state index contributed by atoms with van der Waals surface area (Å²) in [7, 11) is 0. The van der Waals surface area contributed by atoms with E-state index in [1.54, 1.807) is 6.07 Å². The third-order valence-corrected chi connectivity index (χ3v) is 2.86. The third kappa shape index (κ3) is 3.87. The SMILES string of the molecule is CC(C)(C)C(=O)Nc1cccc(C(Br)Br)n1. The Morgan fingerprint density at radius 2 is 2.00 bits per heavy atom. The smallest absolute Gasteiger partial charge is 0.230 e. The lowest BCUT2D eigenvalue weighted by atomic mass is 9.96. The monoisotopic (exact) mass is 348 g/mol. The first-order valence-corrected chi connectivity index (χ1v) is 6.70. The molecule has 0 radical (unpaired) electrons. The number of nitrogens with zero attached hydrogens (tertiary/aromatic N) is 1. The number of hydrogen-bond donors (Lipinski definition) is 1. The van der Waals surface area contributed by atoms with Gasteiger partial charge in [-0.2, -0.15) is 0 Å². The van der Waals surface area contributed by atoms with E-state index in [0.717, 1.165) is 5.69 Å². The molecule has 0 aromatic carbocycles. The van der Waals surface area contributed by atoms with E-state index in [9.17, 15) is 4.79 Å². The van der Waals surface area contributed by atoms with Crippen molar-refractivity contribution in [1.29, 1.82) is 0 Å². The average molecular weight is 350 g/mol. The molecule has 1 aromatic heterocycles. The Hall–Kier alpha value is -0.420. The number of pyridine rings is 1. The molecular formula is C11H14Br2N2O. The number of rotatable bonds is 2. The van der Waals surface area contributed by atoms with Gasteiger partial charge in [-0.05, 0) is 12.1 Å². The maximum absolute atomic E-state index is 11.7. The molecule has 0 unspecified atom stereocenters. The lowest BCUT2D eigenvalue weighted by Crippen LogP contribution is -2.28. The highest BCUT2D eigenvalue weighted by Gasteiger charge is 2.21. The summed E-state index contributed by atoms with van der Waals surface area (Å²) in [5.41, 5.74) is 0.409. The number of halogens is 2. The quantitative estimate of drug-likeness (QED) is 0.824. The molecule has 0 bridgehead atoms. The van der Waals surface area contributed by atoms with Crippen LogP contribution < -0.4 is 5.32 Å². The number of carbonyl (C=O) groups is 1. The van der Waals surface area contributed by atoms with Gasteiger partial charge in [-0.1, -0.05) is 58.7 Å². The number of carbonyl (C=O) groups excluding carboxylic acids is 1. The Kier molecular flexibility index (Phi) is 4.50. The summed E-state index contributed by atoms with van der Waals surface area (Å²) in [6.07, 6.45) is 0.